The van der Waals surface area contributed by atoms with Crippen molar-refractivity contribution >= 4 is 17.5 Å². The number of carbonyl (C=O) groups excluding carboxylic acids is 1. The fraction of sp³-hybridized carbons (Fsp3) is 0.538. The summed E-state index contributed by atoms with van der Waals surface area (Å²) in [6, 6.07) is 3.00. The Morgan fingerprint density at radius 3 is 2.83 bits per heavy atom. The Kier molecular flexibility index (Phi) is 4.07. The first-order valence-electron chi connectivity index (χ1n) is 6.19. The smallest absolute Gasteiger partial charge is 0.251 e. The summed E-state index contributed by atoms with van der Waals surface area (Å²) in [5.74, 6) is -0.217. The minimum Gasteiger partial charge on any atom is -0.348 e. The van der Waals surface area contributed by atoms with Gasteiger partial charge in [0.25, 0.3) is 11.5 Å². The van der Waals surface area contributed by atoms with Crippen molar-refractivity contribution in [2.24, 2.45) is 7.05 Å². The summed E-state index contributed by atoms with van der Waals surface area (Å²) in [6.07, 6.45) is 5.64. The maximum absolute atomic E-state index is 12.0. The van der Waals surface area contributed by atoms with Crippen molar-refractivity contribution in [3.05, 3.63) is 34.2 Å². The van der Waals surface area contributed by atoms with E-state index in [1.54, 1.807) is 19.3 Å². The molecule has 1 aliphatic carbocycles. The summed E-state index contributed by atoms with van der Waals surface area (Å²) in [7, 11) is 1.65. The lowest BCUT2D eigenvalue weighted by atomic mass is 9.94. The van der Waals surface area contributed by atoms with Crippen LogP contribution in [-0.2, 0) is 7.05 Å². The summed E-state index contributed by atoms with van der Waals surface area (Å²) >= 11 is 6.19. The van der Waals surface area contributed by atoms with Crippen LogP contribution >= 0.6 is 11.6 Å². The Balaban J connectivity index is 2.07. The number of carbonyl (C=O) groups is 1. The van der Waals surface area contributed by atoms with Gasteiger partial charge in [0.15, 0.2) is 0 Å². The molecular weight excluding hydrogens is 252 g/mol. The van der Waals surface area contributed by atoms with E-state index in [0.717, 1.165) is 25.7 Å². The molecule has 18 heavy (non-hydrogen) atoms. The molecule has 0 bridgehead atoms. The fourth-order valence-corrected chi connectivity index (χ4v) is 2.53. The second-order valence-corrected chi connectivity index (χ2v) is 5.31. The molecule has 1 amide bonds. The predicted molar refractivity (Wildman–Crippen MR) is 71.0 cm³/mol. The molecule has 2 unspecified atom stereocenters. The number of alkyl halides is 1. The molecule has 2 rings (SSSR count). The number of aromatic nitrogens is 1. The van der Waals surface area contributed by atoms with E-state index in [9.17, 15) is 9.59 Å². The van der Waals surface area contributed by atoms with E-state index < -0.39 is 0 Å². The zero-order chi connectivity index (χ0) is 13.1. The molecule has 1 aromatic heterocycles. The lowest BCUT2D eigenvalue weighted by Gasteiger charge is -2.27. The van der Waals surface area contributed by atoms with Crippen LogP contribution in [0.3, 0.4) is 0 Å². The maximum atomic E-state index is 12.0. The highest BCUT2D eigenvalue weighted by Crippen LogP contribution is 2.23. The third-order valence-electron chi connectivity index (χ3n) is 3.36. The number of rotatable bonds is 2. The molecule has 2 atom stereocenters. The average Bonchev–Trinajstić information content (AvgIpc) is 2.35. The van der Waals surface area contributed by atoms with Crippen LogP contribution in [0.15, 0.2) is 23.1 Å². The number of hydrogen-bond acceptors (Lipinski definition) is 2. The topological polar surface area (TPSA) is 51.1 Å². The van der Waals surface area contributed by atoms with Gasteiger partial charge >= 0.3 is 0 Å². The van der Waals surface area contributed by atoms with Crippen LogP contribution in [0.5, 0.6) is 0 Å². The van der Waals surface area contributed by atoms with Crippen LogP contribution in [0.1, 0.15) is 36.0 Å². The third-order valence-corrected chi connectivity index (χ3v) is 3.89. The highest BCUT2D eigenvalue weighted by atomic mass is 35.5. The molecule has 0 spiro atoms. The van der Waals surface area contributed by atoms with Gasteiger partial charge in [0.05, 0.1) is 5.38 Å². The lowest BCUT2D eigenvalue weighted by molar-refractivity contribution is 0.0928. The molecule has 4 nitrogen and oxygen atoms in total. The van der Waals surface area contributed by atoms with E-state index in [2.05, 4.69) is 5.32 Å². The number of halogens is 1. The second kappa shape index (κ2) is 5.57. The van der Waals surface area contributed by atoms with Crippen molar-refractivity contribution < 1.29 is 4.79 Å². The zero-order valence-corrected chi connectivity index (χ0v) is 11.1. The van der Waals surface area contributed by atoms with Crippen molar-refractivity contribution in [3.8, 4) is 0 Å². The molecule has 5 heteroatoms. The van der Waals surface area contributed by atoms with Crippen LogP contribution in [0.4, 0.5) is 0 Å². The van der Waals surface area contributed by atoms with Crippen LogP contribution in [0, 0.1) is 0 Å². The molecule has 1 fully saturated rings. The first-order valence-corrected chi connectivity index (χ1v) is 6.63. The minimum absolute atomic E-state index is 0.00533. The Morgan fingerprint density at radius 1 is 1.44 bits per heavy atom. The Labute approximate surface area is 111 Å². The maximum Gasteiger partial charge on any atom is 0.251 e. The van der Waals surface area contributed by atoms with Crippen LogP contribution in [0.2, 0.25) is 0 Å². The quantitative estimate of drug-likeness (QED) is 0.830. The molecule has 1 saturated carbocycles. The van der Waals surface area contributed by atoms with Crippen molar-refractivity contribution in [2.75, 3.05) is 0 Å². The van der Waals surface area contributed by atoms with E-state index in [-0.39, 0.29) is 22.9 Å². The predicted octanol–water partition coefficient (Wildman–Crippen LogP) is 1.67. The second-order valence-electron chi connectivity index (χ2n) is 4.74. The molecule has 0 aliphatic heterocycles. The van der Waals surface area contributed by atoms with Crippen molar-refractivity contribution in [3.63, 3.8) is 0 Å². The van der Waals surface area contributed by atoms with Gasteiger partial charge < -0.3 is 9.88 Å². The molecular formula is C13H17ClN2O2. The number of nitrogens with zero attached hydrogens (tertiary/aromatic N) is 1. The summed E-state index contributed by atoms with van der Waals surface area (Å²) in [6.45, 7) is 0. The molecule has 0 aromatic carbocycles. The zero-order valence-electron chi connectivity index (χ0n) is 10.4. The molecule has 1 aromatic rings. The fourth-order valence-electron chi connectivity index (χ4n) is 2.19. The van der Waals surface area contributed by atoms with Crippen molar-refractivity contribution in [1.29, 1.82) is 0 Å². The third kappa shape index (κ3) is 2.93. The van der Waals surface area contributed by atoms with Gasteiger partial charge in [0.1, 0.15) is 0 Å². The van der Waals surface area contributed by atoms with Crippen molar-refractivity contribution in [1.82, 2.24) is 9.88 Å². The monoisotopic (exact) mass is 268 g/mol. The SMILES string of the molecule is Cn1ccc(C(=O)NC2CCCCC2Cl)cc1=O. The molecule has 1 heterocycles. The largest absolute Gasteiger partial charge is 0.348 e. The van der Waals surface area contributed by atoms with E-state index in [0.29, 0.717) is 5.56 Å². The average molecular weight is 269 g/mol. The molecule has 98 valence electrons. The standard InChI is InChI=1S/C13H17ClN2O2/c1-16-7-6-9(8-12(16)17)13(18)15-11-5-3-2-4-10(11)14/h6-8,10-11H,2-5H2,1H3,(H,15,18). The Morgan fingerprint density at radius 2 is 2.17 bits per heavy atom. The number of nitrogens with one attached hydrogen (secondary N) is 1. The molecule has 1 N–H and O–H groups in total. The van der Waals surface area contributed by atoms with Crippen molar-refractivity contribution in [2.45, 2.75) is 37.1 Å². The Hall–Kier alpha value is -1.29. The number of hydrogen-bond donors (Lipinski definition) is 1. The Bertz CT molecular complexity index is 498. The van der Waals surface area contributed by atoms with Gasteiger partial charge in [-0.2, -0.15) is 0 Å². The number of aryl methyl sites for hydroxylation is 1. The van der Waals surface area contributed by atoms with Gasteiger partial charge in [-0.3, -0.25) is 9.59 Å². The highest BCUT2D eigenvalue weighted by Gasteiger charge is 2.24. The molecule has 0 saturated heterocycles. The van der Waals surface area contributed by atoms with Crippen LogP contribution in [-0.4, -0.2) is 21.9 Å². The van der Waals surface area contributed by atoms with Crippen LogP contribution in [0.25, 0.3) is 0 Å². The van der Waals surface area contributed by atoms with Gasteiger partial charge in [-0.1, -0.05) is 12.8 Å². The van der Waals surface area contributed by atoms with Gasteiger partial charge in [0, 0.05) is 30.9 Å². The van der Waals surface area contributed by atoms with Gasteiger partial charge in [-0.15, -0.1) is 11.6 Å². The normalized spacial score (nSPS) is 23.7. The van der Waals surface area contributed by atoms with E-state index in [1.165, 1.54) is 10.6 Å². The highest BCUT2D eigenvalue weighted by molar-refractivity contribution is 6.21. The van der Waals surface area contributed by atoms with E-state index >= 15 is 0 Å². The number of pyridine rings is 1. The summed E-state index contributed by atoms with van der Waals surface area (Å²) < 4.78 is 1.43. The van der Waals surface area contributed by atoms with Gasteiger partial charge in [-0.05, 0) is 18.9 Å². The minimum atomic E-state index is -0.217. The molecule has 1 aliphatic rings. The van der Waals surface area contributed by atoms with Crippen LogP contribution < -0.4 is 10.9 Å². The summed E-state index contributed by atoms with van der Waals surface area (Å²) in [4.78, 5) is 23.5. The lowest BCUT2D eigenvalue weighted by Crippen LogP contribution is -2.43. The van der Waals surface area contributed by atoms with Gasteiger partial charge in [-0.25, -0.2) is 0 Å². The first-order chi connectivity index (χ1) is 8.58. The molecule has 0 radical (unpaired) electrons. The summed E-state index contributed by atoms with van der Waals surface area (Å²) in [5.41, 5.74) is 0.209. The van der Waals surface area contributed by atoms with E-state index in [1.807, 2.05) is 0 Å². The first kappa shape index (κ1) is 13.1. The number of amides is 1. The summed E-state index contributed by atoms with van der Waals surface area (Å²) in [5, 5.41) is 2.91. The van der Waals surface area contributed by atoms with E-state index in [4.69, 9.17) is 11.6 Å². The van der Waals surface area contributed by atoms with Gasteiger partial charge in [0.2, 0.25) is 0 Å².